The van der Waals surface area contributed by atoms with E-state index in [4.69, 9.17) is 4.74 Å². The van der Waals surface area contributed by atoms with Gasteiger partial charge in [0, 0.05) is 22.6 Å². The molecule has 0 aliphatic rings. The number of carbonyl (C=O) groups is 3. The molecule has 0 unspecified atom stereocenters. The van der Waals surface area contributed by atoms with Crippen LogP contribution in [-0.4, -0.2) is 30.8 Å². The van der Waals surface area contributed by atoms with Crippen molar-refractivity contribution >= 4 is 40.3 Å². The van der Waals surface area contributed by atoms with Gasteiger partial charge in [0.2, 0.25) is 5.91 Å². The number of Topliss-reactive ketones (excluding diaryl/α,β-unsaturated/α-hetero) is 1. The Morgan fingerprint density at radius 3 is 2.42 bits per heavy atom. The first kappa shape index (κ1) is 20.1. The molecule has 0 bridgehead atoms. The highest BCUT2D eigenvalue weighted by Gasteiger charge is 2.12. The van der Waals surface area contributed by atoms with Crippen LogP contribution in [0.25, 0.3) is 0 Å². The number of rotatable bonds is 8. The number of hydrogen-bond acceptors (Lipinski definition) is 4. The number of amides is 1. The smallest absolute Gasteiger partial charge is 0.338 e. The number of aryl methyl sites for hydroxylation is 1. The molecule has 2 rings (SSSR count). The largest absolute Gasteiger partial charge is 0.454 e. The Kier molecular flexibility index (Phi) is 7.77. The third-order valence-corrected chi connectivity index (χ3v) is 4.36. The second-order valence-corrected chi connectivity index (χ2v) is 7.04. The van der Waals surface area contributed by atoms with Crippen LogP contribution in [-0.2, 0) is 16.0 Å². The molecular formula is C20H20INO4. The zero-order valence-electron chi connectivity index (χ0n) is 14.5. The highest BCUT2D eigenvalue weighted by Crippen LogP contribution is 2.11. The quantitative estimate of drug-likeness (QED) is 0.281. The van der Waals surface area contributed by atoms with Gasteiger partial charge in [-0.15, -0.1) is 0 Å². The second kappa shape index (κ2) is 10.1. The number of halogens is 1. The van der Waals surface area contributed by atoms with Gasteiger partial charge >= 0.3 is 5.97 Å². The van der Waals surface area contributed by atoms with Gasteiger partial charge in [-0.3, -0.25) is 9.59 Å². The fourth-order valence-electron chi connectivity index (χ4n) is 2.33. The summed E-state index contributed by atoms with van der Waals surface area (Å²) >= 11 is 2.11. The van der Waals surface area contributed by atoms with Crippen LogP contribution in [0.2, 0.25) is 0 Å². The van der Waals surface area contributed by atoms with E-state index in [-0.39, 0.29) is 18.3 Å². The van der Waals surface area contributed by atoms with Gasteiger partial charge in [0.15, 0.2) is 12.4 Å². The van der Waals surface area contributed by atoms with Gasteiger partial charge in [-0.25, -0.2) is 4.79 Å². The maximum absolute atomic E-state index is 12.2. The first-order chi connectivity index (χ1) is 12.5. The summed E-state index contributed by atoms with van der Waals surface area (Å²) in [6, 6.07) is 14.2. The van der Waals surface area contributed by atoms with Crippen LogP contribution in [0.4, 0.5) is 0 Å². The molecule has 5 nitrogen and oxygen atoms in total. The maximum Gasteiger partial charge on any atom is 0.338 e. The highest BCUT2D eigenvalue weighted by molar-refractivity contribution is 14.1. The van der Waals surface area contributed by atoms with Gasteiger partial charge in [0.25, 0.3) is 0 Å². The van der Waals surface area contributed by atoms with E-state index in [1.807, 2.05) is 18.2 Å². The van der Waals surface area contributed by atoms with Crippen LogP contribution in [0, 0.1) is 3.57 Å². The number of ketones is 1. The molecule has 0 aromatic heterocycles. The van der Waals surface area contributed by atoms with E-state index < -0.39 is 5.97 Å². The van der Waals surface area contributed by atoms with Crippen molar-refractivity contribution in [1.29, 1.82) is 0 Å². The Labute approximate surface area is 166 Å². The summed E-state index contributed by atoms with van der Waals surface area (Å²) in [6.45, 7) is 1.84. The standard InChI is InChI=1S/C20H20INO4/c1-14(23)22-11-3-4-15-7-9-16(10-8-15)19(24)13-26-20(25)17-5-2-6-18(21)12-17/h2,5-10,12H,3-4,11,13H2,1H3,(H,22,23). The average molecular weight is 465 g/mol. The third kappa shape index (κ3) is 6.59. The molecule has 0 saturated carbocycles. The first-order valence-electron chi connectivity index (χ1n) is 8.25. The van der Waals surface area contributed by atoms with Gasteiger partial charge in [0.05, 0.1) is 5.56 Å². The number of esters is 1. The molecular weight excluding hydrogens is 445 g/mol. The Morgan fingerprint density at radius 2 is 1.77 bits per heavy atom. The minimum absolute atomic E-state index is 0.0364. The van der Waals surface area contributed by atoms with Crippen molar-refractivity contribution in [2.75, 3.05) is 13.2 Å². The second-order valence-electron chi connectivity index (χ2n) is 5.79. The van der Waals surface area contributed by atoms with E-state index in [9.17, 15) is 14.4 Å². The molecule has 6 heteroatoms. The van der Waals surface area contributed by atoms with Crippen molar-refractivity contribution in [3.05, 3.63) is 68.8 Å². The Morgan fingerprint density at radius 1 is 1.04 bits per heavy atom. The molecule has 0 fully saturated rings. The lowest BCUT2D eigenvalue weighted by molar-refractivity contribution is -0.118. The van der Waals surface area contributed by atoms with Crippen LogP contribution < -0.4 is 5.32 Å². The highest BCUT2D eigenvalue weighted by atomic mass is 127. The van der Waals surface area contributed by atoms with Crippen LogP contribution in [0.15, 0.2) is 48.5 Å². The fourth-order valence-corrected chi connectivity index (χ4v) is 2.87. The van der Waals surface area contributed by atoms with Gasteiger partial charge < -0.3 is 10.1 Å². The first-order valence-corrected chi connectivity index (χ1v) is 9.33. The van der Waals surface area contributed by atoms with Crippen LogP contribution in [0.5, 0.6) is 0 Å². The number of carbonyl (C=O) groups excluding carboxylic acids is 3. The Hall–Kier alpha value is -2.22. The molecule has 0 saturated heterocycles. The molecule has 0 atom stereocenters. The lowest BCUT2D eigenvalue weighted by Crippen LogP contribution is -2.21. The van der Waals surface area contributed by atoms with Crippen LogP contribution in [0.1, 0.15) is 39.6 Å². The molecule has 136 valence electrons. The summed E-state index contributed by atoms with van der Waals surface area (Å²) in [5, 5.41) is 2.75. The summed E-state index contributed by atoms with van der Waals surface area (Å²) in [6.07, 6.45) is 1.65. The van der Waals surface area contributed by atoms with Crippen molar-refractivity contribution in [1.82, 2.24) is 5.32 Å². The molecule has 1 amide bonds. The van der Waals surface area contributed by atoms with Gasteiger partial charge in [-0.1, -0.05) is 30.3 Å². The minimum Gasteiger partial charge on any atom is -0.454 e. The van der Waals surface area contributed by atoms with E-state index in [1.54, 1.807) is 30.3 Å². The molecule has 0 radical (unpaired) electrons. The predicted octanol–water partition coefficient (Wildman–Crippen LogP) is 3.40. The summed E-state index contributed by atoms with van der Waals surface area (Å²) < 4.78 is 6.03. The Balaban J connectivity index is 1.82. The summed E-state index contributed by atoms with van der Waals surface area (Å²) in [7, 11) is 0. The van der Waals surface area contributed by atoms with Crippen LogP contribution >= 0.6 is 22.6 Å². The zero-order valence-corrected chi connectivity index (χ0v) is 16.6. The van der Waals surface area contributed by atoms with Crippen molar-refractivity contribution < 1.29 is 19.1 Å². The monoisotopic (exact) mass is 465 g/mol. The third-order valence-electron chi connectivity index (χ3n) is 3.69. The van der Waals surface area contributed by atoms with E-state index in [0.29, 0.717) is 17.7 Å². The van der Waals surface area contributed by atoms with Crippen LogP contribution in [0.3, 0.4) is 0 Å². The maximum atomic E-state index is 12.2. The Bertz CT molecular complexity index is 787. The number of ether oxygens (including phenoxy) is 1. The van der Waals surface area contributed by atoms with Gasteiger partial charge in [0.1, 0.15) is 0 Å². The van der Waals surface area contributed by atoms with Gasteiger partial charge in [-0.05, 0) is 59.2 Å². The number of benzene rings is 2. The number of nitrogens with one attached hydrogen (secondary N) is 1. The summed E-state index contributed by atoms with van der Waals surface area (Å²) in [5.41, 5.74) is 2.02. The predicted molar refractivity (Wildman–Crippen MR) is 107 cm³/mol. The van der Waals surface area contributed by atoms with Crippen molar-refractivity contribution in [3.63, 3.8) is 0 Å². The lowest BCUT2D eigenvalue weighted by Gasteiger charge is -2.06. The minimum atomic E-state index is -0.508. The number of hydrogen-bond donors (Lipinski definition) is 1. The lowest BCUT2D eigenvalue weighted by atomic mass is 10.1. The van der Waals surface area contributed by atoms with Gasteiger partial charge in [-0.2, -0.15) is 0 Å². The topological polar surface area (TPSA) is 72.5 Å². The van der Waals surface area contributed by atoms with Crippen molar-refractivity contribution in [2.24, 2.45) is 0 Å². The molecule has 0 heterocycles. The molecule has 0 aliphatic heterocycles. The normalized spacial score (nSPS) is 10.2. The molecule has 1 N–H and O–H groups in total. The van der Waals surface area contributed by atoms with Crippen molar-refractivity contribution in [3.8, 4) is 0 Å². The molecule has 2 aromatic rings. The molecule has 0 spiro atoms. The molecule has 2 aromatic carbocycles. The average Bonchev–Trinajstić information content (AvgIpc) is 2.63. The zero-order chi connectivity index (χ0) is 18.9. The SMILES string of the molecule is CC(=O)NCCCc1ccc(C(=O)COC(=O)c2cccc(I)c2)cc1. The van der Waals surface area contributed by atoms with E-state index in [2.05, 4.69) is 27.9 Å². The summed E-state index contributed by atoms with van der Waals surface area (Å²) in [4.78, 5) is 34.9. The van der Waals surface area contributed by atoms with E-state index >= 15 is 0 Å². The molecule has 0 aliphatic carbocycles. The summed E-state index contributed by atoms with van der Waals surface area (Å²) in [5.74, 6) is -0.786. The van der Waals surface area contributed by atoms with E-state index in [0.717, 1.165) is 22.0 Å². The fraction of sp³-hybridized carbons (Fsp3) is 0.250. The van der Waals surface area contributed by atoms with Crippen molar-refractivity contribution in [2.45, 2.75) is 19.8 Å². The van der Waals surface area contributed by atoms with E-state index in [1.165, 1.54) is 6.92 Å². The molecule has 26 heavy (non-hydrogen) atoms.